The molecule has 23 heavy (non-hydrogen) atoms. The van der Waals surface area contributed by atoms with Crippen molar-refractivity contribution >= 4 is 29.2 Å². The minimum atomic E-state index is -0.819. The molecule has 0 radical (unpaired) electrons. The van der Waals surface area contributed by atoms with Gasteiger partial charge >= 0.3 is 5.97 Å². The molecular formula is C17H25ClN2O3. The number of hydrogen-bond donors (Lipinski definition) is 3. The van der Waals surface area contributed by atoms with E-state index in [2.05, 4.69) is 10.6 Å². The lowest BCUT2D eigenvalue weighted by molar-refractivity contribution is -0.147. The van der Waals surface area contributed by atoms with Crippen LogP contribution in [0.3, 0.4) is 0 Å². The van der Waals surface area contributed by atoms with Gasteiger partial charge in [0.2, 0.25) is 5.91 Å². The van der Waals surface area contributed by atoms with Gasteiger partial charge in [0.1, 0.15) is 0 Å². The molecule has 1 aromatic rings. The normalized spacial score (nSPS) is 12.7. The summed E-state index contributed by atoms with van der Waals surface area (Å²) in [5, 5.41) is 15.7. The molecule has 3 N–H and O–H groups in total. The molecule has 6 heteroatoms. The van der Waals surface area contributed by atoms with Gasteiger partial charge in [0.25, 0.3) is 0 Å². The first-order valence-electron chi connectivity index (χ1n) is 7.64. The molecule has 0 saturated carbocycles. The first-order chi connectivity index (χ1) is 10.6. The van der Waals surface area contributed by atoms with E-state index in [0.29, 0.717) is 30.1 Å². The summed E-state index contributed by atoms with van der Waals surface area (Å²) in [5.41, 5.74) is 0.860. The lowest BCUT2D eigenvalue weighted by Crippen LogP contribution is -2.35. The monoisotopic (exact) mass is 340 g/mol. The van der Waals surface area contributed by atoms with E-state index in [0.717, 1.165) is 5.56 Å². The van der Waals surface area contributed by atoms with Crippen LogP contribution in [0.25, 0.3) is 0 Å². The zero-order valence-electron chi connectivity index (χ0n) is 14.1. The Morgan fingerprint density at radius 2 is 2.00 bits per heavy atom. The lowest BCUT2D eigenvalue weighted by Gasteiger charge is -2.21. The Bertz CT molecular complexity index is 573. The largest absolute Gasteiger partial charge is 0.481 e. The van der Waals surface area contributed by atoms with Gasteiger partial charge < -0.3 is 15.7 Å². The lowest BCUT2D eigenvalue weighted by atomic mass is 9.89. The van der Waals surface area contributed by atoms with Gasteiger partial charge in [-0.2, -0.15) is 0 Å². The molecule has 0 aliphatic rings. The minimum absolute atomic E-state index is 0.0412. The molecule has 1 atom stereocenters. The molecule has 0 heterocycles. The van der Waals surface area contributed by atoms with Crippen LogP contribution in [-0.4, -0.2) is 29.6 Å². The number of carboxylic acid groups (broad SMARTS) is 1. The van der Waals surface area contributed by atoms with Crippen molar-refractivity contribution in [3.8, 4) is 0 Å². The van der Waals surface area contributed by atoms with Gasteiger partial charge in [-0.1, -0.05) is 17.7 Å². The van der Waals surface area contributed by atoms with Crippen LogP contribution >= 0.6 is 11.6 Å². The average molecular weight is 341 g/mol. The Hall–Kier alpha value is -1.59. The van der Waals surface area contributed by atoms with Gasteiger partial charge in [-0.15, -0.1) is 0 Å². The standard InChI is InChI=1S/C17H25ClN2O3/c1-11-5-6-13(10-14(11)18)20-15(21)9-12(2)19-8-7-17(3,4)16(22)23/h5-6,10,12,19H,7-9H2,1-4H3,(H,20,21)(H,22,23). The highest BCUT2D eigenvalue weighted by molar-refractivity contribution is 6.31. The van der Waals surface area contributed by atoms with Gasteiger partial charge in [0.15, 0.2) is 0 Å². The van der Waals surface area contributed by atoms with Crippen molar-refractivity contribution in [2.24, 2.45) is 5.41 Å². The summed E-state index contributed by atoms with van der Waals surface area (Å²) in [4.78, 5) is 23.0. The summed E-state index contributed by atoms with van der Waals surface area (Å²) in [7, 11) is 0. The second kappa shape index (κ2) is 8.31. The first-order valence-corrected chi connectivity index (χ1v) is 8.02. The summed E-state index contributed by atoms with van der Waals surface area (Å²) < 4.78 is 0. The number of carboxylic acids is 1. The molecule has 128 valence electrons. The molecule has 1 amide bonds. The number of nitrogens with one attached hydrogen (secondary N) is 2. The number of amides is 1. The first kappa shape index (κ1) is 19.5. The Balaban J connectivity index is 2.39. The Labute approximate surface area is 142 Å². The van der Waals surface area contributed by atoms with Gasteiger partial charge in [-0.05, 0) is 58.4 Å². The van der Waals surface area contributed by atoms with Crippen molar-refractivity contribution < 1.29 is 14.7 Å². The highest BCUT2D eigenvalue weighted by atomic mass is 35.5. The fraction of sp³-hybridized carbons (Fsp3) is 0.529. The van der Waals surface area contributed by atoms with E-state index in [-0.39, 0.29) is 11.9 Å². The summed E-state index contributed by atoms with van der Waals surface area (Å²) in [6.07, 6.45) is 0.806. The zero-order chi connectivity index (χ0) is 17.6. The number of benzene rings is 1. The maximum atomic E-state index is 12.0. The van der Waals surface area contributed by atoms with Crippen LogP contribution in [0.1, 0.15) is 39.2 Å². The van der Waals surface area contributed by atoms with E-state index in [9.17, 15) is 9.59 Å². The summed E-state index contributed by atoms with van der Waals surface area (Å²) in [6.45, 7) is 7.73. The molecular weight excluding hydrogens is 316 g/mol. The number of aryl methyl sites for hydroxylation is 1. The molecule has 1 aromatic carbocycles. The van der Waals surface area contributed by atoms with E-state index < -0.39 is 11.4 Å². The minimum Gasteiger partial charge on any atom is -0.481 e. The third kappa shape index (κ3) is 6.59. The fourth-order valence-corrected chi connectivity index (χ4v) is 2.15. The van der Waals surface area contributed by atoms with E-state index in [1.165, 1.54) is 0 Å². The summed E-state index contributed by atoms with van der Waals surface area (Å²) >= 11 is 6.03. The zero-order valence-corrected chi connectivity index (χ0v) is 14.8. The van der Waals surface area contributed by atoms with Crippen molar-refractivity contribution in [2.45, 2.75) is 46.6 Å². The molecule has 0 aliphatic carbocycles. The third-order valence-electron chi connectivity index (χ3n) is 3.77. The third-order valence-corrected chi connectivity index (χ3v) is 4.18. The second-order valence-corrected chi connectivity index (χ2v) is 6.92. The Morgan fingerprint density at radius 3 is 2.57 bits per heavy atom. The summed E-state index contributed by atoms with van der Waals surface area (Å²) in [6, 6.07) is 5.35. The molecule has 1 unspecified atom stereocenters. The number of aliphatic carboxylic acids is 1. The molecule has 0 aromatic heterocycles. The SMILES string of the molecule is Cc1ccc(NC(=O)CC(C)NCCC(C)(C)C(=O)O)cc1Cl. The average Bonchev–Trinajstić information content (AvgIpc) is 2.42. The van der Waals surface area contributed by atoms with E-state index >= 15 is 0 Å². The van der Waals surface area contributed by atoms with E-state index in [4.69, 9.17) is 16.7 Å². The highest BCUT2D eigenvalue weighted by Gasteiger charge is 2.26. The summed E-state index contributed by atoms with van der Waals surface area (Å²) in [5.74, 6) is -0.927. The van der Waals surface area contributed by atoms with Crippen LogP contribution in [0.15, 0.2) is 18.2 Å². The number of halogens is 1. The van der Waals surface area contributed by atoms with Crippen LogP contribution < -0.4 is 10.6 Å². The van der Waals surface area contributed by atoms with Crippen molar-refractivity contribution in [2.75, 3.05) is 11.9 Å². The van der Waals surface area contributed by atoms with Crippen molar-refractivity contribution in [3.05, 3.63) is 28.8 Å². The maximum Gasteiger partial charge on any atom is 0.309 e. The molecule has 0 bridgehead atoms. The number of anilines is 1. The van der Waals surface area contributed by atoms with Crippen molar-refractivity contribution in [1.82, 2.24) is 5.32 Å². The predicted octanol–water partition coefficient (Wildman–Crippen LogP) is 3.46. The molecule has 0 fully saturated rings. The predicted molar refractivity (Wildman–Crippen MR) is 92.9 cm³/mol. The number of carbonyl (C=O) groups excluding carboxylic acids is 1. The van der Waals surface area contributed by atoms with Gasteiger partial charge in [0.05, 0.1) is 5.41 Å². The van der Waals surface area contributed by atoms with Gasteiger partial charge in [-0.25, -0.2) is 0 Å². The number of carbonyl (C=O) groups is 2. The quantitative estimate of drug-likeness (QED) is 0.677. The van der Waals surface area contributed by atoms with Crippen molar-refractivity contribution in [1.29, 1.82) is 0 Å². The van der Waals surface area contributed by atoms with Gasteiger partial charge in [-0.3, -0.25) is 9.59 Å². The van der Waals surface area contributed by atoms with Gasteiger partial charge in [0, 0.05) is 23.2 Å². The number of hydrogen-bond acceptors (Lipinski definition) is 3. The second-order valence-electron chi connectivity index (χ2n) is 6.51. The van der Waals surface area contributed by atoms with Crippen molar-refractivity contribution in [3.63, 3.8) is 0 Å². The Morgan fingerprint density at radius 1 is 1.35 bits per heavy atom. The maximum absolute atomic E-state index is 12.0. The topological polar surface area (TPSA) is 78.4 Å². The molecule has 0 saturated heterocycles. The van der Waals surface area contributed by atoms with E-state index in [1.54, 1.807) is 19.9 Å². The van der Waals surface area contributed by atoms with Crippen LogP contribution in [0, 0.1) is 12.3 Å². The van der Waals surface area contributed by atoms with Crippen LogP contribution in [0.4, 0.5) is 5.69 Å². The van der Waals surface area contributed by atoms with Crippen LogP contribution in [0.5, 0.6) is 0 Å². The molecule has 1 rings (SSSR count). The fourth-order valence-electron chi connectivity index (χ4n) is 1.97. The smallest absolute Gasteiger partial charge is 0.309 e. The van der Waals surface area contributed by atoms with Crippen LogP contribution in [-0.2, 0) is 9.59 Å². The molecule has 0 spiro atoms. The highest BCUT2D eigenvalue weighted by Crippen LogP contribution is 2.21. The van der Waals surface area contributed by atoms with Crippen LogP contribution in [0.2, 0.25) is 5.02 Å². The molecule has 5 nitrogen and oxygen atoms in total. The van der Waals surface area contributed by atoms with E-state index in [1.807, 2.05) is 26.0 Å². The molecule has 0 aliphatic heterocycles. The number of rotatable bonds is 8. The Kier molecular flexibility index (Phi) is 7.03.